The van der Waals surface area contributed by atoms with Crippen LogP contribution in [0.2, 0.25) is 0 Å². The molecule has 1 aromatic carbocycles. The van der Waals surface area contributed by atoms with Crippen LogP contribution in [0, 0.1) is 0 Å². The number of hydrogen-bond acceptors (Lipinski definition) is 4. The molecular weight excluding hydrogens is 256 g/mol. The fourth-order valence-electron chi connectivity index (χ4n) is 1.80. The van der Waals surface area contributed by atoms with Crippen molar-refractivity contribution in [1.29, 1.82) is 0 Å². The van der Waals surface area contributed by atoms with E-state index in [2.05, 4.69) is 10.9 Å². The van der Waals surface area contributed by atoms with Crippen LogP contribution in [0.5, 0.6) is 0 Å². The Kier molecular flexibility index (Phi) is 6.48. The van der Waals surface area contributed by atoms with Crippen LogP contribution in [0.3, 0.4) is 0 Å². The van der Waals surface area contributed by atoms with Crippen molar-refractivity contribution in [1.82, 2.24) is 10.9 Å². The SMILES string of the molecule is CC(C)(C)OC(=O)NNCCc1ccccc1CCO. The molecule has 0 aliphatic carbocycles. The number of carbonyl (C=O) groups excluding carboxylic acids is 1. The molecule has 0 bridgehead atoms. The topological polar surface area (TPSA) is 70.6 Å². The molecular formula is C15H24N2O3. The number of ether oxygens (including phenoxy) is 1. The number of hydrogen-bond donors (Lipinski definition) is 3. The number of hydrazine groups is 1. The summed E-state index contributed by atoms with van der Waals surface area (Å²) in [4.78, 5) is 11.4. The van der Waals surface area contributed by atoms with E-state index in [0.717, 1.165) is 12.0 Å². The van der Waals surface area contributed by atoms with Gasteiger partial charge in [0.1, 0.15) is 5.60 Å². The molecule has 0 aromatic heterocycles. The summed E-state index contributed by atoms with van der Waals surface area (Å²) >= 11 is 0. The number of aliphatic hydroxyl groups excluding tert-OH is 1. The predicted molar refractivity (Wildman–Crippen MR) is 78.3 cm³/mol. The minimum absolute atomic E-state index is 0.139. The molecule has 112 valence electrons. The van der Waals surface area contributed by atoms with Gasteiger partial charge in [-0.2, -0.15) is 0 Å². The van der Waals surface area contributed by atoms with Gasteiger partial charge in [-0.05, 0) is 44.7 Å². The normalized spacial score (nSPS) is 11.2. The molecule has 5 nitrogen and oxygen atoms in total. The highest BCUT2D eigenvalue weighted by Crippen LogP contribution is 2.09. The molecule has 0 aliphatic heterocycles. The Labute approximate surface area is 120 Å². The van der Waals surface area contributed by atoms with Gasteiger partial charge in [0.05, 0.1) is 0 Å². The fraction of sp³-hybridized carbons (Fsp3) is 0.533. The third-order valence-corrected chi connectivity index (χ3v) is 2.61. The molecule has 1 amide bonds. The van der Waals surface area contributed by atoms with Crippen LogP contribution >= 0.6 is 0 Å². The number of nitrogens with one attached hydrogen (secondary N) is 2. The molecule has 0 aliphatic rings. The van der Waals surface area contributed by atoms with E-state index in [0.29, 0.717) is 13.0 Å². The second kappa shape index (κ2) is 7.87. The van der Waals surface area contributed by atoms with E-state index in [-0.39, 0.29) is 6.61 Å². The number of rotatable bonds is 6. The van der Waals surface area contributed by atoms with Gasteiger partial charge in [0.15, 0.2) is 0 Å². The van der Waals surface area contributed by atoms with E-state index in [1.165, 1.54) is 5.56 Å². The van der Waals surface area contributed by atoms with Gasteiger partial charge < -0.3 is 9.84 Å². The Balaban J connectivity index is 2.33. The number of amides is 1. The second-order valence-corrected chi connectivity index (χ2v) is 5.55. The van der Waals surface area contributed by atoms with Crippen molar-refractivity contribution in [3.05, 3.63) is 35.4 Å². The summed E-state index contributed by atoms with van der Waals surface area (Å²) in [6.07, 6.45) is 0.933. The maximum Gasteiger partial charge on any atom is 0.422 e. The first-order chi connectivity index (χ1) is 9.42. The number of aliphatic hydroxyl groups is 1. The van der Waals surface area contributed by atoms with E-state index in [1.807, 2.05) is 45.0 Å². The molecule has 0 saturated carbocycles. The maximum atomic E-state index is 11.4. The molecule has 20 heavy (non-hydrogen) atoms. The number of carbonyl (C=O) groups is 1. The molecule has 0 spiro atoms. The zero-order valence-electron chi connectivity index (χ0n) is 12.4. The summed E-state index contributed by atoms with van der Waals surface area (Å²) in [5.41, 5.74) is 7.14. The van der Waals surface area contributed by atoms with Crippen molar-refractivity contribution in [2.75, 3.05) is 13.2 Å². The van der Waals surface area contributed by atoms with Crippen LogP contribution in [-0.4, -0.2) is 30.0 Å². The summed E-state index contributed by atoms with van der Waals surface area (Å²) < 4.78 is 5.11. The quantitative estimate of drug-likeness (QED) is 0.549. The average molecular weight is 280 g/mol. The smallest absolute Gasteiger partial charge is 0.422 e. The van der Waals surface area contributed by atoms with Crippen molar-refractivity contribution in [3.63, 3.8) is 0 Å². The third kappa shape index (κ3) is 6.54. The van der Waals surface area contributed by atoms with Gasteiger partial charge in [-0.3, -0.25) is 5.43 Å². The molecule has 0 unspecified atom stereocenters. The highest BCUT2D eigenvalue weighted by molar-refractivity contribution is 5.66. The van der Waals surface area contributed by atoms with Crippen LogP contribution in [-0.2, 0) is 17.6 Å². The summed E-state index contributed by atoms with van der Waals surface area (Å²) in [5, 5.41) is 9.01. The lowest BCUT2D eigenvalue weighted by molar-refractivity contribution is 0.0499. The first kappa shape index (κ1) is 16.5. The van der Waals surface area contributed by atoms with Gasteiger partial charge in [-0.1, -0.05) is 24.3 Å². The fourth-order valence-corrected chi connectivity index (χ4v) is 1.80. The van der Waals surface area contributed by atoms with E-state index in [4.69, 9.17) is 9.84 Å². The molecule has 1 rings (SSSR count). The minimum atomic E-state index is -0.501. The van der Waals surface area contributed by atoms with Gasteiger partial charge in [0.2, 0.25) is 0 Å². The lowest BCUT2D eigenvalue weighted by Crippen LogP contribution is -2.42. The third-order valence-electron chi connectivity index (χ3n) is 2.61. The highest BCUT2D eigenvalue weighted by Gasteiger charge is 2.15. The van der Waals surface area contributed by atoms with Gasteiger partial charge in [-0.25, -0.2) is 10.2 Å². The van der Waals surface area contributed by atoms with Crippen molar-refractivity contribution in [2.45, 2.75) is 39.2 Å². The predicted octanol–water partition coefficient (Wildman–Crippen LogP) is 1.79. The van der Waals surface area contributed by atoms with E-state index in [1.54, 1.807) is 0 Å². The van der Waals surface area contributed by atoms with Crippen molar-refractivity contribution in [2.24, 2.45) is 0 Å². The van der Waals surface area contributed by atoms with Crippen LogP contribution in [0.15, 0.2) is 24.3 Å². The van der Waals surface area contributed by atoms with Crippen LogP contribution < -0.4 is 10.9 Å². The summed E-state index contributed by atoms with van der Waals surface area (Å²) in [7, 11) is 0. The van der Waals surface area contributed by atoms with E-state index >= 15 is 0 Å². The van der Waals surface area contributed by atoms with Crippen molar-refractivity contribution < 1.29 is 14.6 Å². The van der Waals surface area contributed by atoms with E-state index < -0.39 is 11.7 Å². The number of benzene rings is 1. The molecule has 0 atom stereocenters. The molecule has 0 heterocycles. The molecule has 3 N–H and O–H groups in total. The van der Waals surface area contributed by atoms with Gasteiger partial charge in [-0.15, -0.1) is 0 Å². The summed E-state index contributed by atoms with van der Waals surface area (Å²) in [6.45, 7) is 6.19. The van der Waals surface area contributed by atoms with Crippen LogP contribution in [0.25, 0.3) is 0 Å². The Bertz CT molecular complexity index is 427. The standard InChI is InChI=1S/C15H24N2O3/c1-15(2,3)20-14(19)17-16-10-8-12-6-4-5-7-13(12)9-11-18/h4-7,16,18H,8-11H2,1-3H3,(H,17,19). The van der Waals surface area contributed by atoms with Gasteiger partial charge in [0.25, 0.3) is 0 Å². The molecule has 1 aromatic rings. The average Bonchev–Trinajstić information content (AvgIpc) is 2.34. The lowest BCUT2D eigenvalue weighted by atomic mass is 10.0. The Morgan fingerprint density at radius 3 is 2.35 bits per heavy atom. The minimum Gasteiger partial charge on any atom is -0.443 e. The monoisotopic (exact) mass is 280 g/mol. The zero-order valence-corrected chi connectivity index (χ0v) is 12.4. The van der Waals surface area contributed by atoms with Crippen LogP contribution in [0.1, 0.15) is 31.9 Å². The van der Waals surface area contributed by atoms with Crippen molar-refractivity contribution in [3.8, 4) is 0 Å². The molecule has 0 fully saturated rings. The van der Waals surface area contributed by atoms with Crippen molar-refractivity contribution >= 4 is 6.09 Å². The Hall–Kier alpha value is -1.59. The lowest BCUT2D eigenvalue weighted by Gasteiger charge is -2.19. The zero-order chi connectivity index (χ0) is 15.0. The highest BCUT2D eigenvalue weighted by atomic mass is 16.6. The Morgan fingerprint density at radius 2 is 1.80 bits per heavy atom. The summed E-state index contributed by atoms with van der Waals surface area (Å²) in [6, 6.07) is 7.96. The Morgan fingerprint density at radius 1 is 1.20 bits per heavy atom. The largest absolute Gasteiger partial charge is 0.443 e. The van der Waals surface area contributed by atoms with Gasteiger partial charge >= 0.3 is 6.09 Å². The summed E-state index contributed by atoms with van der Waals surface area (Å²) in [5.74, 6) is 0. The molecule has 0 saturated heterocycles. The second-order valence-electron chi connectivity index (χ2n) is 5.55. The maximum absolute atomic E-state index is 11.4. The van der Waals surface area contributed by atoms with Gasteiger partial charge in [0, 0.05) is 13.2 Å². The first-order valence-electron chi connectivity index (χ1n) is 6.82. The molecule has 0 radical (unpaired) electrons. The van der Waals surface area contributed by atoms with E-state index in [9.17, 15) is 4.79 Å². The first-order valence-corrected chi connectivity index (χ1v) is 6.82. The molecule has 5 heteroatoms. The van der Waals surface area contributed by atoms with Crippen LogP contribution in [0.4, 0.5) is 4.79 Å².